The van der Waals surface area contributed by atoms with Crippen molar-refractivity contribution in [2.75, 3.05) is 0 Å². The van der Waals surface area contributed by atoms with Crippen LogP contribution in [0.15, 0.2) is 35.9 Å². The molecule has 0 radical (unpaired) electrons. The lowest BCUT2D eigenvalue weighted by Crippen LogP contribution is -2.46. The fourth-order valence-electron chi connectivity index (χ4n) is 2.71. The van der Waals surface area contributed by atoms with Crippen LogP contribution in [0.25, 0.3) is 6.08 Å². The SMILES string of the molecule is CC1(O)C=CC2(C)C(=O)C1=Cc1cc(Cl)ccc12. The van der Waals surface area contributed by atoms with Crippen molar-refractivity contribution in [3.05, 3.63) is 52.1 Å². The van der Waals surface area contributed by atoms with E-state index in [9.17, 15) is 9.90 Å². The topological polar surface area (TPSA) is 37.3 Å². The van der Waals surface area contributed by atoms with Crippen LogP contribution in [0.1, 0.15) is 25.0 Å². The first kappa shape index (κ1) is 11.7. The van der Waals surface area contributed by atoms with E-state index in [2.05, 4.69) is 0 Å². The minimum atomic E-state index is -1.20. The van der Waals surface area contributed by atoms with E-state index in [0.29, 0.717) is 10.6 Å². The molecule has 3 rings (SSSR count). The largest absolute Gasteiger partial charge is 0.381 e. The Labute approximate surface area is 111 Å². The maximum absolute atomic E-state index is 12.5. The van der Waals surface area contributed by atoms with Crippen LogP contribution in [0.3, 0.4) is 0 Å². The van der Waals surface area contributed by atoms with E-state index < -0.39 is 11.0 Å². The van der Waals surface area contributed by atoms with Crippen molar-refractivity contribution in [1.29, 1.82) is 0 Å². The summed E-state index contributed by atoms with van der Waals surface area (Å²) in [7, 11) is 0. The van der Waals surface area contributed by atoms with Gasteiger partial charge >= 0.3 is 0 Å². The summed E-state index contributed by atoms with van der Waals surface area (Å²) >= 11 is 5.99. The number of benzene rings is 1. The quantitative estimate of drug-likeness (QED) is 0.729. The molecule has 0 aromatic heterocycles. The number of fused-ring (bicyclic) bond motifs is 4. The number of Topliss-reactive ketones (excluding diaryl/α,β-unsaturated/α-hetero) is 1. The van der Waals surface area contributed by atoms with E-state index >= 15 is 0 Å². The molecule has 2 nitrogen and oxygen atoms in total. The Bertz CT molecular complexity index is 625. The van der Waals surface area contributed by atoms with Gasteiger partial charge in [-0.2, -0.15) is 0 Å². The van der Waals surface area contributed by atoms with E-state index in [0.717, 1.165) is 11.1 Å². The van der Waals surface area contributed by atoms with Crippen molar-refractivity contribution in [1.82, 2.24) is 0 Å². The van der Waals surface area contributed by atoms with Gasteiger partial charge in [-0.15, -0.1) is 0 Å². The Balaban J connectivity index is 2.37. The lowest BCUT2D eigenvalue weighted by Gasteiger charge is -2.40. The molecule has 0 amide bonds. The molecule has 2 aliphatic rings. The summed E-state index contributed by atoms with van der Waals surface area (Å²) in [5.74, 6) is -0.0372. The summed E-state index contributed by atoms with van der Waals surface area (Å²) in [5, 5.41) is 10.9. The Morgan fingerprint density at radius 3 is 2.67 bits per heavy atom. The molecule has 1 aromatic carbocycles. The molecule has 0 heterocycles. The van der Waals surface area contributed by atoms with Gasteiger partial charge in [0.2, 0.25) is 0 Å². The van der Waals surface area contributed by atoms with Gasteiger partial charge in [0, 0.05) is 10.6 Å². The number of rotatable bonds is 0. The van der Waals surface area contributed by atoms with Gasteiger partial charge < -0.3 is 5.11 Å². The van der Waals surface area contributed by atoms with Crippen molar-refractivity contribution >= 4 is 23.5 Å². The minimum Gasteiger partial charge on any atom is -0.381 e. The highest BCUT2D eigenvalue weighted by molar-refractivity contribution is 6.31. The second-order valence-electron chi connectivity index (χ2n) is 5.30. The predicted molar refractivity (Wildman–Crippen MR) is 71.6 cm³/mol. The molecule has 0 fully saturated rings. The molecule has 92 valence electrons. The highest BCUT2D eigenvalue weighted by atomic mass is 35.5. The molecule has 1 aromatic rings. The first-order valence-corrected chi connectivity index (χ1v) is 6.22. The highest BCUT2D eigenvalue weighted by Gasteiger charge is 2.47. The normalized spacial score (nSPS) is 33.1. The van der Waals surface area contributed by atoms with Crippen LogP contribution in [0.2, 0.25) is 5.02 Å². The highest BCUT2D eigenvalue weighted by Crippen LogP contribution is 2.45. The molecule has 18 heavy (non-hydrogen) atoms. The number of carbonyl (C=O) groups is 1. The van der Waals surface area contributed by atoms with E-state index in [4.69, 9.17) is 11.6 Å². The summed E-state index contributed by atoms with van der Waals surface area (Å²) in [6, 6.07) is 5.50. The van der Waals surface area contributed by atoms with E-state index in [1.54, 1.807) is 31.2 Å². The van der Waals surface area contributed by atoms with Crippen LogP contribution in [-0.4, -0.2) is 16.5 Å². The molecule has 2 unspecified atom stereocenters. The van der Waals surface area contributed by atoms with Crippen molar-refractivity contribution in [3.63, 3.8) is 0 Å². The van der Waals surface area contributed by atoms with Crippen LogP contribution in [0.4, 0.5) is 0 Å². The van der Waals surface area contributed by atoms with Crippen LogP contribution in [-0.2, 0) is 10.2 Å². The number of hydrogen-bond acceptors (Lipinski definition) is 2. The Kier molecular flexibility index (Phi) is 2.17. The smallest absolute Gasteiger partial charge is 0.176 e. The third kappa shape index (κ3) is 1.36. The van der Waals surface area contributed by atoms with E-state index in [1.165, 1.54) is 0 Å². The molecule has 1 N–H and O–H groups in total. The Hall–Kier alpha value is -1.38. The van der Waals surface area contributed by atoms with Crippen LogP contribution in [0.5, 0.6) is 0 Å². The summed E-state index contributed by atoms with van der Waals surface area (Å²) in [4.78, 5) is 12.5. The van der Waals surface area contributed by atoms with E-state index in [1.807, 2.05) is 19.1 Å². The molecule has 0 aliphatic heterocycles. The second-order valence-corrected chi connectivity index (χ2v) is 5.74. The monoisotopic (exact) mass is 260 g/mol. The fourth-order valence-corrected chi connectivity index (χ4v) is 2.89. The van der Waals surface area contributed by atoms with Gasteiger partial charge in [0.05, 0.1) is 5.41 Å². The van der Waals surface area contributed by atoms with Crippen molar-refractivity contribution in [3.8, 4) is 0 Å². The predicted octanol–water partition coefficient (Wildman–Crippen LogP) is 2.88. The number of aliphatic hydroxyl groups is 1. The zero-order valence-corrected chi connectivity index (χ0v) is 11.0. The van der Waals surface area contributed by atoms with Crippen molar-refractivity contribution < 1.29 is 9.90 Å². The molecule has 0 saturated heterocycles. The number of carbonyl (C=O) groups excluding carboxylic acids is 1. The zero-order valence-electron chi connectivity index (χ0n) is 10.2. The first-order chi connectivity index (χ1) is 8.34. The fraction of sp³-hybridized carbons (Fsp3) is 0.267. The maximum atomic E-state index is 12.5. The summed E-state index contributed by atoms with van der Waals surface area (Å²) < 4.78 is 0. The van der Waals surface area contributed by atoms with Gasteiger partial charge in [-0.3, -0.25) is 4.79 Å². The van der Waals surface area contributed by atoms with Crippen LogP contribution < -0.4 is 0 Å². The van der Waals surface area contributed by atoms with Crippen LogP contribution in [0, 0.1) is 0 Å². The standard InChI is InChI=1S/C15H13ClO2/c1-14-5-6-15(2,18)12(13(14)17)8-9-7-10(16)3-4-11(9)14/h3-8,18H,1-2H3. The number of halogens is 1. The zero-order chi connectivity index (χ0) is 13.1. The van der Waals surface area contributed by atoms with Gasteiger partial charge in [-0.05, 0) is 43.2 Å². The molecule has 2 aliphatic carbocycles. The van der Waals surface area contributed by atoms with E-state index in [-0.39, 0.29) is 5.78 Å². The number of hydrogen-bond donors (Lipinski definition) is 1. The molecule has 2 bridgehead atoms. The van der Waals surface area contributed by atoms with Gasteiger partial charge in [0.1, 0.15) is 5.60 Å². The lowest BCUT2D eigenvalue weighted by molar-refractivity contribution is -0.121. The molecule has 2 atom stereocenters. The minimum absolute atomic E-state index is 0.0372. The number of allylic oxidation sites excluding steroid dienone is 1. The summed E-state index contributed by atoms with van der Waals surface area (Å²) in [6.07, 6.45) is 5.23. The van der Waals surface area contributed by atoms with Gasteiger partial charge in [-0.1, -0.05) is 29.8 Å². The van der Waals surface area contributed by atoms with Gasteiger partial charge in [0.15, 0.2) is 5.78 Å². The molecule has 0 saturated carbocycles. The lowest BCUT2D eigenvalue weighted by atomic mass is 9.63. The average molecular weight is 261 g/mol. The molecular weight excluding hydrogens is 248 g/mol. The van der Waals surface area contributed by atoms with Gasteiger partial charge in [0.25, 0.3) is 0 Å². The Morgan fingerprint density at radius 1 is 1.22 bits per heavy atom. The third-order valence-electron chi connectivity index (χ3n) is 3.88. The second kappa shape index (κ2) is 3.34. The van der Waals surface area contributed by atoms with Gasteiger partial charge in [-0.25, -0.2) is 0 Å². The molecule has 0 spiro atoms. The van der Waals surface area contributed by atoms with Crippen molar-refractivity contribution in [2.24, 2.45) is 0 Å². The third-order valence-corrected chi connectivity index (χ3v) is 4.11. The summed E-state index contributed by atoms with van der Waals surface area (Å²) in [5.41, 5.74) is 0.391. The number of ketones is 1. The first-order valence-electron chi connectivity index (χ1n) is 5.84. The molecule has 3 heteroatoms. The Morgan fingerprint density at radius 2 is 1.94 bits per heavy atom. The summed E-state index contributed by atoms with van der Waals surface area (Å²) in [6.45, 7) is 3.50. The average Bonchev–Trinajstić information content (AvgIpc) is 2.29. The maximum Gasteiger partial charge on any atom is 0.176 e. The van der Waals surface area contributed by atoms with Crippen LogP contribution >= 0.6 is 11.6 Å². The molecular formula is C15H13ClO2. The van der Waals surface area contributed by atoms with Crippen molar-refractivity contribution in [2.45, 2.75) is 24.9 Å².